The van der Waals surface area contributed by atoms with E-state index in [1.165, 1.54) is 11.3 Å². The number of nitrogens with zero attached hydrogens (tertiary/aromatic N) is 3. The molecular weight excluding hydrogens is 529 g/mol. The molecule has 0 saturated carbocycles. The van der Waals surface area contributed by atoms with Gasteiger partial charge in [0.25, 0.3) is 0 Å². The average Bonchev–Trinajstić information content (AvgIpc) is 3.23. The standard InChI is InChI=1S/C24H30ClN3O4S2.ClH/c1-17-8-10-18(11-9-17)34(30,31)16-5-7-21(29)28(15-6-14-27(2)3)24-26-22-20(32-4)13-12-19(25)23(22)33-24;/h8-13H,5-7,14-16H2,1-4H3;1H. The van der Waals surface area contributed by atoms with E-state index in [9.17, 15) is 13.2 Å². The number of carbonyl (C=O) groups excluding carboxylic acids is 1. The maximum atomic E-state index is 13.2. The summed E-state index contributed by atoms with van der Waals surface area (Å²) in [6.45, 7) is 3.19. The van der Waals surface area contributed by atoms with E-state index in [0.717, 1.165) is 23.2 Å². The van der Waals surface area contributed by atoms with Crippen LogP contribution in [0.5, 0.6) is 5.75 Å². The molecular formula is C24H31Cl2N3O4S2. The van der Waals surface area contributed by atoms with Crippen molar-refractivity contribution in [2.75, 3.05) is 44.9 Å². The van der Waals surface area contributed by atoms with Gasteiger partial charge in [0.05, 0.1) is 27.5 Å². The van der Waals surface area contributed by atoms with Crippen LogP contribution >= 0.6 is 35.3 Å². The summed E-state index contributed by atoms with van der Waals surface area (Å²) in [5, 5.41) is 1.08. The Morgan fingerprint density at radius 3 is 2.40 bits per heavy atom. The molecule has 0 N–H and O–H groups in total. The van der Waals surface area contributed by atoms with Crippen molar-refractivity contribution in [2.24, 2.45) is 0 Å². The number of anilines is 1. The van der Waals surface area contributed by atoms with Crippen LogP contribution in [0.1, 0.15) is 24.8 Å². The summed E-state index contributed by atoms with van der Waals surface area (Å²) in [4.78, 5) is 21.9. The van der Waals surface area contributed by atoms with Crippen LogP contribution in [-0.4, -0.2) is 64.3 Å². The molecule has 0 fully saturated rings. The molecule has 0 aliphatic rings. The first kappa shape index (κ1) is 29.3. The van der Waals surface area contributed by atoms with Crippen LogP contribution in [-0.2, 0) is 14.6 Å². The fourth-order valence-electron chi connectivity index (χ4n) is 3.51. The van der Waals surface area contributed by atoms with E-state index >= 15 is 0 Å². The van der Waals surface area contributed by atoms with Crippen LogP contribution in [0.4, 0.5) is 5.13 Å². The van der Waals surface area contributed by atoms with Crippen LogP contribution in [0.2, 0.25) is 5.02 Å². The molecule has 0 aliphatic carbocycles. The number of ether oxygens (including phenoxy) is 1. The van der Waals surface area contributed by atoms with Crippen molar-refractivity contribution in [3.63, 3.8) is 0 Å². The molecule has 0 atom stereocenters. The van der Waals surface area contributed by atoms with Crippen molar-refractivity contribution in [3.8, 4) is 5.75 Å². The third kappa shape index (κ3) is 7.54. The maximum Gasteiger partial charge on any atom is 0.228 e. The number of methoxy groups -OCH3 is 1. The van der Waals surface area contributed by atoms with Gasteiger partial charge in [-0.3, -0.25) is 9.69 Å². The van der Waals surface area contributed by atoms with Gasteiger partial charge in [-0.25, -0.2) is 13.4 Å². The molecule has 7 nitrogen and oxygen atoms in total. The Morgan fingerprint density at radius 2 is 1.77 bits per heavy atom. The van der Waals surface area contributed by atoms with Gasteiger partial charge in [-0.05, 0) is 64.7 Å². The Balaban J connectivity index is 0.00000432. The molecule has 1 heterocycles. The minimum Gasteiger partial charge on any atom is -0.494 e. The maximum absolute atomic E-state index is 13.2. The van der Waals surface area contributed by atoms with E-state index < -0.39 is 9.84 Å². The van der Waals surface area contributed by atoms with E-state index in [1.54, 1.807) is 48.4 Å². The van der Waals surface area contributed by atoms with Crippen molar-refractivity contribution in [3.05, 3.63) is 47.0 Å². The molecule has 0 radical (unpaired) electrons. The number of benzene rings is 2. The second-order valence-corrected chi connectivity index (χ2v) is 11.9. The van der Waals surface area contributed by atoms with Crippen molar-refractivity contribution < 1.29 is 17.9 Å². The molecule has 1 amide bonds. The molecule has 0 spiro atoms. The van der Waals surface area contributed by atoms with Crippen molar-refractivity contribution >= 4 is 66.4 Å². The molecule has 2 aromatic carbocycles. The molecule has 0 saturated heterocycles. The van der Waals surface area contributed by atoms with Crippen molar-refractivity contribution in [1.29, 1.82) is 0 Å². The smallest absolute Gasteiger partial charge is 0.228 e. The monoisotopic (exact) mass is 559 g/mol. The molecule has 0 bridgehead atoms. The number of rotatable bonds is 11. The van der Waals surface area contributed by atoms with Crippen LogP contribution in [0.15, 0.2) is 41.3 Å². The zero-order valence-corrected chi connectivity index (χ0v) is 23.5. The predicted octanol–water partition coefficient (Wildman–Crippen LogP) is 5.23. The number of halogens is 2. The lowest BCUT2D eigenvalue weighted by atomic mass is 10.2. The number of amides is 1. The molecule has 3 aromatic rings. The number of aromatic nitrogens is 1. The Morgan fingerprint density at radius 1 is 1.09 bits per heavy atom. The van der Waals surface area contributed by atoms with E-state index in [1.807, 2.05) is 21.0 Å². The first-order valence-electron chi connectivity index (χ1n) is 11.0. The normalized spacial score (nSPS) is 11.5. The van der Waals surface area contributed by atoms with Gasteiger partial charge in [0, 0.05) is 13.0 Å². The molecule has 192 valence electrons. The third-order valence-electron chi connectivity index (χ3n) is 5.37. The topological polar surface area (TPSA) is 79.8 Å². The van der Waals surface area contributed by atoms with Crippen LogP contribution in [0, 0.1) is 6.92 Å². The summed E-state index contributed by atoms with van der Waals surface area (Å²) in [6.07, 6.45) is 1.09. The summed E-state index contributed by atoms with van der Waals surface area (Å²) in [6, 6.07) is 10.3. The number of hydrogen-bond acceptors (Lipinski definition) is 7. The Labute approximate surface area is 222 Å². The second kappa shape index (κ2) is 12.9. The highest BCUT2D eigenvalue weighted by molar-refractivity contribution is 7.91. The largest absolute Gasteiger partial charge is 0.494 e. The van der Waals surface area contributed by atoms with E-state index in [0.29, 0.717) is 28.0 Å². The van der Waals surface area contributed by atoms with Gasteiger partial charge < -0.3 is 9.64 Å². The summed E-state index contributed by atoms with van der Waals surface area (Å²) in [5.74, 6) is 0.339. The van der Waals surface area contributed by atoms with E-state index in [2.05, 4.69) is 9.88 Å². The van der Waals surface area contributed by atoms with Gasteiger partial charge in [-0.1, -0.05) is 40.6 Å². The molecule has 0 unspecified atom stereocenters. The number of carbonyl (C=O) groups is 1. The lowest BCUT2D eigenvalue weighted by Crippen LogP contribution is -2.33. The van der Waals surface area contributed by atoms with E-state index in [-0.39, 0.29) is 41.8 Å². The highest BCUT2D eigenvalue weighted by Gasteiger charge is 2.23. The predicted molar refractivity (Wildman–Crippen MR) is 146 cm³/mol. The minimum absolute atomic E-state index is 0. The lowest BCUT2D eigenvalue weighted by Gasteiger charge is -2.21. The zero-order chi connectivity index (χ0) is 24.9. The summed E-state index contributed by atoms with van der Waals surface area (Å²) >= 11 is 7.71. The average molecular weight is 561 g/mol. The van der Waals surface area contributed by atoms with Crippen LogP contribution in [0.3, 0.4) is 0 Å². The van der Waals surface area contributed by atoms with E-state index in [4.69, 9.17) is 16.3 Å². The van der Waals surface area contributed by atoms with Crippen LogP contribution in [0.25, 0.3) is 10.2 Å². The van der Waals surface area contributed by atoms with Gasteiger partial charge in [0.2, 0.25) is 5.91 Å². The van der Waals surface area contributed by atoms with Gasteiger partial charge >= 0.3 is 0 Å². The Hall–Kier alpha value is -1.91. The fraction of sp³-hybridized carbons (Fsp3) is 0.417. The highest BCUT2D eigenvalue weighted by Crippen LogP contribution is 2.39. The first-order chi connectivity index (χ1) is 16.1. The molecule has 3 rings (SSSR count). The molecule has 1 aromatic heterocycles. The summed E-state index contributed by atoms with van der Waals surface area (Å²) in [7, 11) is 2.07. The third-order valence-corrected chi connectivity index (χ3v) is 8.73. The molecule has 11 heteroatoms. The van der Waals surface area contributed by atoms with Gasteiger partial charge in [0.1, 0.15) is 11.3 Å². The van der Waals surface area contributed by atoms with Crippen molar-refractivity contribution in [2.45, 2.75) is 31.1 Å². The Bertz CT molecular complexity index is 1250. The summed E-state index contributed by atoms with van der Waals surface area (Å²) in [5.41, 5.74) is 1.61. The Kier molecular flexibility index (Phi) is 10.8. The minimum atomic E-state index is -3.45. The second-order valence-electron chi connectivity index (χ2n) is 8.36. The van der Waals surface area contributed by atoms with Gasteiger partial charge in [-0.2, -0.15) is 0 Å². The van der Waals surface area contributed by atoms with Crippen LogP contribution < -0.4 is 9.64 Å². The number of hydrogen-bond donors (Lipinski definition) is 0. The zero-order valence-electron chi connectivity index (χ0n) is 20.3. The van der Waals surface area contributed by atoms with Crippen molar-refractivity contribution in [1.82, 2.24) is 9.88 Å². The fourth-order valence-corrected chi connectivity index (χ4v) is 6.12. The highest BCUT2D eigenvalue weighted by atomic mass is 35.5. The van der Waals surface area contributed by atoms with Gasteiger partial charge in [-0.15, -0.1) is 12.4 Å². The number of fused-ring (bicyclic) bond motifs is 1. The number of sulfone groups is 1. The number of aryl methyl sites for hydroxylation is 1. The van der Waals surface area contributed by atoms with Gasteiger partial charge in [0.15, 0.2) is 15.0 Å². The quantitative estimate of drug-likeness (QED) is 0.320. The lowest BCUT2D eigenvalue weighted by molar-refractivity contribution is -0.118. The molecule has 0 aliphatic heterocycles. The first-order valence-corrected chi connectivity index (χ1v) is 13.8. The molecule has 35 heavy (non-hydrogen) atoms. The SMILES string of the molecule is COc1ccc(Cl)c2sc(N(CCCN(C)C)C(=O)CCCS(=O)(=O)c3ccc(C)cc3)nc12.Cl. The summed E-state index contributed by atoms with van der Waals surface area (Å²) < 4.78 is 31.5. The number of thiazole rings is 1.